The van der Waals surface area contributed by atoms with Gasteiger partial charge < -0.3 is 4.74 Å². The Morgan fingerprint density at radius 3 is 2.07 bits per heavy atom. The van der Waals surface area contributed by atoms with Crippen LogP contribution in [0.25, 0.3) is 0 Å². The first-order valence-electron chi connectivity index (χ1n) is 5.13. The Kier molecular flexibility index (Phi) is 6.78. The molecule has 0 saturated carbocycles. The third-order valence-electron chi connectivity index (χ3n) is 1.58. The van der Waals surface area contributed by atoms with Gasteiger partial charge in [0.25, 0.3) is 0 Å². The monoisotopic (exact) mass is 248 g/mol. The zero-order chi connectivity index (χ0) is 12.0. The topological polar surface area (TPSA) is 9.23 Å². The summed E-state index contributed by atoms with van der Waals surface area (Å²) in [6, 6.07) is 3.56. The van der Waals surface area contributed by atoms with Gasteiger partial charge in [0.2, 0.25) is 0 Å². The fraction of sp³-hybridized carbons (Fsp3) is 0.500. The Balaban J connectivity index is 0.000000921. The predicted octanol–water partition coefficient (Wildman–Crippen LogP) is 5.12. The van der Waals surface area contributed by atoms with Crippen LogP contribution in [0, 0.1) is 6.92 Å². The Labute approximate surface area is 102 Å². The molecule has 0 aliphatic rings. The maximum atomic E-state index is 5.94. The second-order valence-electron chi connectivity index (χ2n) is 3.20. The summed E-state index contributed by atoms with van der Waals surface area (Å²) >= 11 is 11.8. The average molecular weight is 249 g/mol. The van der Waals surface area contributed by atoms with Crippen molar-refractivity contribution in [3.63, 3.8) is 0 Å². The number of ether oxygens (including phenoxy) is 1. The first kappa shape index (κ1) is 14.6. The molecule has 0 heterocycles. The Morgan fingerprint density at radius 1 is 1.07 bits per heavy atom. The molecular weight excluding hydrogens is 231 g/mol. The minimum absolute atomic E-state index is 0.123. The lowest BCUT2D eigenvalue weighted by molar-refractivity contribution is 0.242. The van der Waals surface area contributed by atoms with E-state index in [1.165, 1.54) is 0 Å². The minimum Gasteiger partial charge on any atom is -0.489 e. The van der Waals surface area contributed by atoms with Crippen molar-refractivity contribution >= 4 is 23.2 Å². The molecule has 3 heteroatoms. The normalized spacial score (nSPS) is 9.60. The summed E-state index contributed by atoms with van der Waals surface area (Å²) < 4.78 is 5.49. The largest absolute Gasteiger partial charge is 0.489 e. The van der Waals surface area contributed by atoms with Gasteiger partial charge in [-0.15, -0.1) is 0 Å². The number of hydrogen-bond donors (Lipinski definition) is 0. The van der Waals surface area contributed by atoms with E-state index in [-0.39, 0.29) is 6.10 Å². The molecule has 0 spiro atoms. The molecule has 0 radical (unpaired) electrons. The van der Waals surface area contributed by atoms with Gasteiger partial charge in [-0.25, -0.2) is 0 Å². The van der Waals surface area contributed by atoms with E-state index in [1.54, 1.807) is 6.07 Å². The molecule has 1 rings (SSSR count). The van der Waals surface area contributed by atoms with E-state index < -0.39 is 0 Å². The van der Waals surface area contributed by atoms with Crippen molar-refractivity contribution in [3.05, 3.63) is 27.7 Å². The van der Waals surface area contributed by atoms with Gasteiger partial charge in [0, 0.05) is 5.02 Å². The summed E-state index contributed by atoms with van der Waals surface area (Å²) in [6.07, 6.45) is 0.123. The van der Waals surface area contributed by atoms with E-state index in [0.717, 1.165) is 5.56 Å². The average Bonchev–Trinajstić information content (AvgIpc) is 2.17. The lowest BCUT2D eigenvalue weighted by Crippen LogP contribution is -2.06. The van der Waals surface area contributed by atoms with Crippen molar-refractivity contribution in [1.29, 1.82) is 0 Å². The molecule has 0 unspecified atom stereocenters. The standard InChI is InChI=1S/C10H12Cl2O.C2H6/c1-6(2)13-10-4-7(3)8(11)5-9(10)12;1-2/h4-6H,1-3H3;1-2H3. The van der Waals surface area contributed by atoms with Crippen LogP contribution < -0.4 is 4.74 Å². The molecule has 1 nitrogen and oxygen atoms in total. The number of rotatable bonds is 2. The van der Waals surface area contributed by atoms with Crippen LogP contribution in [-0.2, 0) is 0 Å². The molecule has 0 amide bonds. The van der Waals surface area contributed by atoms with Crippen molar-refractivity contribution in [2.45, 2.75) is 40.7 Å². The van der Waals surface area contributed by atoms with Gasteiger partial charge in [0.05, 0.1) is 11.1 Å². The number of aryl methyl sites for hydroxylation is 1. The fourth-order valence-electron chi connectivity index (χ4n) is 0.975. The van der Waals surface area contributed by atoms with Gasteiger partial charge in [-0.05, 0) is 38.5 Å². The SMILES string of the molecule is CC.Cc1cc(OC(C)C)c(Cl)cc1Cl. The predicted molar refractivity (Wildman–Crippen MR) is 68.3 cm³/mol. The molecule has 0 aliphatic heterocycles. The van der Waals surface area contributed by atoms with E-state index in [1.807, 2.05) is 40.7 Å². The van der Waals surface area contributed by atoms with Gasteiger partial charge in [-0.1, -0.05) is 37.0 Å². The number of hydrogen-bond acceptors (Lipinski definition) is 1. The zero-order valence-corrected chi connectivity index (χ0v) is 11.4. The highest BCUT2D eigenvalue weighted by atomic mass is 35.5. The molecule has 0 atom stereocenters. The highest BCUT2D eigenvalue weighted by Crippen LogP contribution is 2.31. The van der Waals surface area contributed by atoms with Crippen LogP contribution in [0.2, 0.25) is 10.0 Å². The number of benzene rings is 1. The summed E-state index contributed by atoms with van der Waals surface area (Å²) in [4.78, 5) is 0. The molecule has 86 valence electrons. The van der Waals surface area contributed by atoms with Crippen LogP contribution >= 0.6 is 23.2 Å². The smallest absolute Gasteiger partial charge is 0.138 e. The second kappa shape index (κ2) is 6.97. The third-order valence-corrected chi connectivity index (χ3v) is 2.28. The van der Waals surface area contributed by atoms with Gasteiger partial charge in [0.15, 0.2) is 0 Å². The van der Waals surface area contributed by atoms with Crippen LogP contribution in [0.4, 0.5) is 0 Å². The van der Waals surface area contributed by atoms with E-state index in [2.05, 4.69) is 0 Å². The molecule has 0 aliphatic carbocycles. The Bertz CT molecular complexity index is 309. The van der Waals surface area contributed by atoms with Crippen LogP contribution in [0.1, 0.15) is 33.3 Å². The van der Waals surface area contributed by atoms with E-state index in [0.29, 0.717) is 15.8 Å². The van der Waals surface area contributed by atoms with Gasteiger partial charge in [0.1, 0.15) is 5.75 Å². The highest BCUT2D eigenvalue weighted by Gasteiger charge is 2.06. The van der Waals surface area contributed by atoms with Crippen LogP contribution in [0.15, 0.2) is 12.1 Å². The quantitative estimate of drug-likeness (QED) is 0.707. The lowest BCUT2D eigenvalue weighted by Gasteiger charge is -2.12. The molecular formula is C12H18Cl2O. The van der Waals surface area contributed by atoms with E-state index in [4.69, 9.17) is 27.9 Å². The van der Waals surface area contributed by atoms with Gasteiger partial charge >= 0.3 is 0 Å². The third kappa shape index (κ3) is 4.76. The fourth-order valence-corrected chi connectivity index (χ4v) is 1.40. The molecule has 0 saturated heterocycles. The Hall–Kier alpha value is -0.400. The van der Waals surface area contributed by atoms with Crippen molar-refractivity contribution in [2.75, 3.05) is 0 Å². The van der Waals surface area contributed by atoms with Crippen molar-refractivity contribution in [3.8, 4) is 5.75 Å². The van der Waals surface area contributed by atoms with Crippen molar-refractivity contribution < 1.29 is 4.74 Å². The molecule has 1 aromatic carbocycles. The van der Waals surface area contributed by atoms with Gasteiger partial charge in [-0.3, -0.25) is 0 Å². The van der Waals surface area contributed by atoms with Crippen molar-refractivity contribution in [2.24, 2.45) is 0 Å². The van der Waals surface area contributed by atoms with E-state index in [9.17, 15) is 0 Å². The van der Waals surface area contributed by atoms with Gasteiger partial charge in [-0.2, -0.15) is 0 Å². The summed E-state index contributed by atoms with van der Waals surface area (Å²) in [5, 5.41) is 1.23. The molecule has 0 fully saturated rings. The lowest BCUT2D eigenvalue weighted by atomic mass is 10.2. The van der Waals surface area contributed by atoms with Crippen LogP contribution in [-0.4, -0.2) is 6.10 Å². The molecule has 1 aromatic rings. The minimum atomic E-state index is 0.123. The first-order valence-corrected chi connectivity index (χ1v) is 5.88. The second-order valence-corrected chi connectivity index (χ2v) is 4.01. The molecule has 15 heavy (non-hydrogen) atoms. The zero-order valence-electron chi connectivity index (χ0n) is 9.90. The van der Waals surface area contributed by atoms with Crippen molar-refractivity contribution in [1.82, 2.24) is 0 Å². The van der Waals surface area contributed by atoms with Crippen LogP contribution in [0.3, 0.4) is 0 Å². The summed E-state index contributed by atoms with van der Waals surface area (Å²) in [7, 11) is 0. The maximum absolute atomic E-state index is 5.94. The highest BCUT2D eigenvalue weighted by molar-refractivity contribution is 6.35. The Morgan fingerprint density at radius 2 is 1.60 bits per heavy atom. The molecule has 0 aromatic heterocycles. The molecule has 0 N–H and O–H groups in total. The number of halogens is 2. The summed E-state index contributed by atoms with van der Waals surface area (Å²) in [5.74, 6) is 0.693. The van der Waals surface area contributed by atoms with E-state index >= 15 is 0 Å². The van der Waals surface area contributed by atoms with Crippen LogP contribution in [0.5, 0.6) is 5.75 Å². The molecule has 0 bridgehead atoms. The summed E-state index contributed by atoms with van der Waals surface area (Å²) in [5.41, 5.74) is 0.974. The summed E-state index contributed by atoms with van der Waals surface area (Å²) in [6.45, 7) is 9.84. The first-order chi connectivity index (χ1) is 7.00. The maximum Gasteiger partial charge on any atom is 0.138 e.